The number of carbonyl (C=O) groups excluding carboxylic acids is 1. The Morgan fingerprint density at radius 3 is 2.62 bits per heavy atom. The number of carbonyl (C=O) groups is 1. The number of amides is 1. The number of rotatable bonds is 3. The molecule has 1 aromatic heterocycles. The lowest BCUT2D eigenvalue weighted by molar-refractivity contribution is 0.0706. The molecule has 0 unspecified atom stereocenters. The predicted molar refractivity (Wildman–Crippen MR) is 81.7 cm³/mol. The van der Waals surface area contributed by atoms with Gasteiger partial charge in [0.25, 0.3) is 5.91 Å². The van der Waals surface area contributed by atoms with Crippen LogP contribution in [0.15, 0.2) is 54.7 Å². The summed E-state index contributed by atoms with van der Waals surface area (Å²) >= 11 is 6.04. The number of hydroxylamine groups is 1. The Morgan fingerprint density at radius 2 is 1.90 bits per heavy atom. The average Bonchev–Trinajstić information content (AvgIpc) is 2.89. The summed E-state index contributed by atoms with van der Waals surface area (Å²) in [4.78, 5) is 11.3. The Morgan fingerprint density at radius 1 is 1.14 bits per heavy atom. The number of benzene rings is 2. The van der Waals surface area contributed by atoms with Gasteiger partial charge in [-0.25, -0.2) is 5.48 Å². The van der Waals surface area contributed by atoms with E-state index in [2.05, 4.69) is 4.57 Å². The molecule has 0 spiro atoms. The first-order valence-electron chi connectivity index (χ1n) is 6.45. The van der Waals surface area contributed by atoms with Crippen LogP contribution < -0.4 is 5.48 Å². The highest BCUT2D eigenvalue weighted by molar-refractivity contribution is 6.31. The summed E-state index contributed by atoms with van der Waals surface area (Å²) in [6.45, 7) is 0.685. The zero-order valence-electron chi connectivity index (χ0n) is 11.1. The Balaban J connectivity index is 1.88. The van der Waals surface area contributed by atoms with E-state index in [1.165, 1.54) is 0 Å². The molecule has 21 heavy (non-hydrogen) atoms. The molecule has 2 aromatic carbocycles. The number of hydrogen-bond acceptors (Lipinski definition) is 2. The molecule has 0 radical (unpaired) electrons. The van der Waals surface area contributed by atoms with Gasteiger partial charge in [0.1, 0.15) is 0 Å². The summed E-state index contributed by atoms with van der Waals surface area (Å²) in [7, 11) is 0. The summed E-state index contributed by atoms with van der Waals surface area (Å²) in [6, 6.07) is 14.9. The number of fused-ring (bicyclic) bond motifs is 1. The fourth-order valence-electron chi connectivity index (χ4n) is 2.32. The van der Waals surface area contributed by atoms with E-state index in [9.17, 15) is 4.79 Å². The van der Waals surface area contributed by atoms with Crippen LogP contribution in [0.2, 0.25) is 5.02 Å². The smallest absolute Gasteiger partial charge is 0.274 e. The van der Waals surface area contributed by atoms with Crippen LogP contribution in [0.4, 0.5) is 0 Å². The summed E-state index contributed by atoms with van der Waals surface area (Å²) in [5.41, 5.74) is 4.16. The molecular formula is C16H13ClN2O2. The van der Waals surface area contributed by atoms with Gasteiger partial charge in [-0.3, -0.25) is 10.0 Å². The van der Waals surface area contributed by atoms with E-state index < -0.39 is 5.91 Å². The van der Waals surface area contributed by atoms with E-state index in [1.807, 2.05) is 42.6 Å². The highest BCUT2D eigenvalue weighted by Gasteiger charge is 2.05. The van der Waals surface area contributed by atoms with Crippen molar-refractivity contribution in [1.82, 2.24) is 10.0 Å². The maximum atomic E-state index is 11.3. The van der Waals surface area contributed by atoms with Crippen molar-refractivity contribution < 1.29 is 10.0 Å². The maximum Gasteiger partial charge on any atom is 0.274 e. The quantitative estimate of drug-likeness (QED) is 0.575. The van der Waals surface area contributed by atoms with Crippen molar-refractivity contribution in [3.63, 3.8) is 0 Å². The van der Waals surface area contributed by atoms with Crippen molar-refractivity contribution >= 4 is 28.4 Å². The molecule has 0 saturated heterocycles. The van der Waals surface area contributed by atoms with E-state index in [0.717, 1.165) is 16.5 Å². The first-order chi connectivity index (χ1) is 10.2. The third-order valence-corrected chi connectivity index (χ3v) is 3.64. The van der Waals surface area contributed by atoms with Gasteiger partial charge in [0.05, 0.1) is 0 Å². The van der Waals surface area contributed by atoms with Gasteiger partial charge in [0, 0.05) is 28.8 Å². The van der Waals surface area contributed by atoms with Crippen LogP contribution in [-0.4, -0.2) is 15.7 Å². The van der Waals surface area contributed by atoms with Crippen LogP contribution in [0.1, 0.15) is 15.9 Å². The Bertz CT molecular complexity index is 794. The lowest BCUT2D eigenvalue weighted by atomic mass is 10.1. The maximum absolute atomic E-state index is 11.3. The normalized spacial score (nSPS) is 10.8. The van der Waals surface area contributed by atoms with E-state index in [-0.39, 0.29) is 0 Å². The van der Waals surface area contributed by atoms with Crippen LogP contribution >= 0.6 is 11.6 Å². The minimum Gasteiger partial charge on any atom is -0.343 e. The van der Waals surface area contributed by atoms with Gasteiger partial charge in [-0.2, -0.15) is 0 Å². The zero-order chi connectivity index (χ0) is 14.8. The lowest BCUT2D eigenvalue weighted by Gasteiger charge is -2.07. The number of nitrogens with one attached hydrogen (secondary N) is 1. The minimum atomic E-state index is -0.514. The summed E-state index contributed by atoms with van der Waals surface area (Å²) in [6.07, 6.45) is 2.01. The fraction of sp³-hybridized carbons (Fsp3) is 0.0625. The highest BCUT2D eigenvalue weighted by Crippen LogP contribution is 2.21. The molecule has 0 fully saturated rings. The molecule has 1 heterocycles. The van der Waals surface area contributed by atoms with Crippen LogP contribution in [0.25, 0.3) is 10.9 Å². The predicted octanol–water partition coefficient (Wildman–Crippen LogP) is 3.46. The zero-order valence-corrected chi connectivity index (χ0v) is 11.8. The molecule has 3 aromatic rings. The molecule has 0 atom stereocenters. The van der Waals surface area contributed by atoms with Crippen LogP contribution in [-0.2, 0) is 6.54 Å². The molecular weight excluding hydrogens is 288 g/mol. The first-order valence-corrected chi connectivity index (χ1v) is 6.83. The molecule has 1 amide bonds. The summed E-state index contributed by atoms with van der Waals surface area (Å²) in [5.74, 6) is -0.514. The second kappa shape index (κ2) is 5.60. The van der Waals surface area contributed by atoms with E-state index in [0.29, 0.717) is 17.1 Å². The first kappa shape index (κ1) is 13.7. The molecule has 0 bridgehead atoms. The van der Waals surface area contributed by atoms with Crippen LogP contribution in [0.5, 0.6) is 0 Å². The number of hydrogen-bond donors (Lipinski definition) is 2. The van der Waals surface area contributed by atoms with Crippen molar-refractivity contribution in [3.8, 4) is 0 Å². The van der Waals surface area contributed by atoms with Crippen molar-refractivity contribution in [1.29, 1.82) is 0 Å². The van der Waals surface area contributed by atoms with Crippen molar-refractivity contribution in [2.45, 2.75) is 6.54 Å². The number of aromatic nitrogens is 1. The highest BCUT2D eigenvalue weighted by atomic mass is 35.5. The average molecular weight is 301 g/mol. The van der Waals surface area contributed by atoms with E-state index in [4.69, 9.17) is 16.8 Å². The number of nitrogens with zero attached hydrogens (tertiary/aromatic N) is 1. The second-order valence-electron chi connectivity index (χ2n) is 4.78. The van der Waals surface area contributed by atoms with Gasteiger partial charge in [0.2, 0.25) is 0 Å². The second-order valence-corrected chi connectivity index (χ2v) is 5.22. The molecule has 106 valence electrons. The summed E-state index contributed by atoms with van der Waals surface area (Å²) in [5, 5.41) is 10.4. The van der Waals surface area contributed by atoms with Crippen LogP contribution in [0, 0.1) is 0 Å². The monoisotopic (exact) mass is 300 g/mol. The third kappa shape index (κ3) is 2.77. The molecule has 0 saturated carbocycles. The standard InChI is InChI=1S/C16H13ClN2O2/c17-14-6-5-12-7-8-19(15(12)9-14)10-11-1-3-13(4-2-11)16(20)18-21/h1-9,21H,10H2,(H,18,20). The number of halogens is 1. The molecule has 0 aliphatic heterocycles. The SMILES string of the molecule is O=C(NO)c1ccc(Cn2ccc3ccc(Cl)cc32)cc1. The van der Waals surface area contributed by atoms with E-state index >= 15 is 0 Å². The molecule has 3 rings (SSSR count). The molecule has 5 heteroatoms. The Labute approximate surface area is 126 Å². The minimum absolute atomic E-state index is 0.418. The third-order valence-electron chi connectivity index (χ3n) is 3.41. The van der Waals surface area contributed by atoms with Gasteiger partial charge >= 0.3 is 0 Å². The Kier molecular flexibility index (Phi) is 3.64. The van der Waals surface area contributed by atoms with Gasteiger partial charge in [-0.1, -0.05) is 29.8 Å². The summed E-state index contributed by atoms with van der Waals surface area (Å²) < 4.78 is 2.10. The van der Waals surface area contributed by atoms with Gasteiger partial charge in [0.15, 0.2) is 0 Å². The topological polar surface area (TPSA) is 54.3 Å². The van der Waals surface area contributed by atoms with Gasteiger partial charge in [-0.15, -0.1) is 0 Å². The van der Waals surface area contributed by atoms with Crippen molar-refractivity contribution in [2.24, 2.45) is 0 Å². The van der Waals surface area contributed by atoms with Gasteiger partial charge in [-0.05, 0) is 41.3 Å². The lowest BCUT2D eigenvalue weighted by Crippen LogP contribution is -2.18. The fourth-order valence-corrected chi connectivity index (χ4v) is 2.48. The Hall–Kier alpha value is -2.30. The van der Waals surface area contributed by atoms with Crippen LogP contribution in [0.3, 0.4) is 0 Å². The van der Waals surface area contributed by atoms with E-state index in [1.54, 1.807) is 17.6 Å². The molecule has 4 nitrogen and oxygen atoms in total. The van der Waals surface area contributed by atoms with Gasteiger partial charge < -0.3 is 4.57 Å². The molecule has 0 aliphatic rings. The largest absolute Gasteiger partial charge is 0.343 e. The van der Waals surface area contributed by atoms with Crippen molar-refractivity contribution in [3.05, 3.63) is 70.9 Å². The molecule has 2 N–H and O–H groups in total. The van der Waals surface area contributed by atoms with Crippen molar-refractivity contribution in [2.75, 3.05) is 0 Å². The molecule has 0 aliphatic carbocycles.